The van der Waals surface area contributed by atoms with E-state index in [2.05, 4.69) is 21.1 Å². The van der Waals surface area contributed by atoms with Crippen LogP contribution in [0.25, 0.3) is 0 Å². The van der Waals surface area contributed by atoms with Crippen molar-refractivity contribution in [3.8, 4) is 0 Å². The van der Waals surface area contributed by atoms with Gasteiger partial charge >= 0.3 is 0 Å². The molecule has 46 valence electrons. The van der Waals surface area contributed by atoms with Crippen molar-refractivity contribution in [3.05, 3.63) is 10.6 Å². The fourth-order valence-electron chi connectivity index (χ4n) is 0.257. The third kappa shape index (κ3) is 2.12. The predicted molar refractivity (Wildman–Crippen MR) is 37.6 cm³/mol. The van der Waals surface area contributed by atoms with Crippen LogP contribution in [-0.2, 0) is 0 Å². The molecule has 0 saturated carbocycles. The van der Waals surface area contributed by atoms with Crippen LogP contribution >= 0.6 is 15.9 Å². The minimum absolute atomic E-state index is 0.590. The molecule has 0 bridgehead atoms. The van der Waals surface area contributed by atoms with E-state index in [1.807, 2.05) is 13.0 Å². The Morgan fingerprint density at radius 2 is 2.25 bits per heavy atom. The van der Waals surface area contributed by atoms with Crippen LogP contribution < -0.4 is 0 Å². The third-order valence-electron chi connectivity index (χ3n) is 0.749. The number of hydrogen-bond acceptors (Lipinski definition) is 2. The summed E-state index contributed by atoms with van der Waals surface area (Å²) in [4.78, 5) is 0. The van der Waals surface area contributed by atoms with Gasteiger partial charge in [0, 0.05) is 4.48 Å². The Kier molecular flexibility index (Phi) is 3.52. The molecule has 0 unspecified atom stereocenters. The van der Waals surface area contributed by atoms with Crippen LogP contribution in [0.2, 0.25) is 0 Å². The third-order valence-corrected chi connectivity index (χ3v) is 1.78. The van der Waals surface area contributed by atoms with Gasteiger partial charge in [-0.2, -0.15) is 0 Å². The number of rotatable bonds is 1. The predicted octanol–water partition coefficient (Wildman–Crippen LogP) is 2.14. The zero-order valence-electron chi connectivity index (χ0n) is 4.85. The molecule has 3 heteroatoms. The van der Waals surface area contributed by atoms with Gasteiger partial charge in [0.2, 0.25) is 0 Å². The minimum atomic E-state index is 0.590. The second-order valence-electron chi connectivity index (χ2n) is 1.32. The molecule has 0 aliphatic heterocycles. The Bertz CT molecular complexity index is 112. The minimum Gasteiger partial charge on any atom is -0.411 e. The summed E-state index contributed by atoms with van der Waals surface area (Å²) in [7, 11) is 0. The second-order valence-corrected chi connectivity index (χ2v) is 2.18. The molecule has 0 rings (SSSR count). The van der Waals surface area contributed by atoms with Crippen LogP contribution in [0, 0.1) is 0 Å². The maximum atomic E-state index is 8.15. The first-order valence-electron chi connectivity index (χ1n) is 2.23. The zero-order chi connectivity index (χ0) is 6.57. The molecule has 0 aromatic rings. The Balaban J connectivity index is 4.04. The van der Waals surface area contributed by atoms with Gasteiger partial charge in [0.15, 0.2) is 0 Å². The topological polar surface area (TPSA) is 32.6 Å². The van der Waals surface area contributed by atoms with Gasteiger partial charge in [0.1, 0.15) is 0 Å². The van der Waals surface area contributed by atoms with Gasteiger partial charge in [-0.05, 0) is 29.8 Å². The number of allylic oxidation sites excluding steroid dienone is 2. The van der Waals surface area contributed by atoms with Crippen LogP contribution in [0.1, 0.15) is 13.8 Å². The molecule has 8 heavy (non-hydrogen) atoms. The highest BCUT2D eigenvalue weighted by atomic mass is 79.9. The average Bonchev–Trinajstić information content (AvgIpc) is 1.84. The summed E-state index contributed by atoms with van der Waals surface area (Å²) in [5.41, 5.74) is 0.590. The maximum absolute atomic E-state index is 8.15. The fourth-order valence-corrected chi connectivity index (χ4v) is 0.336. The van der Waals surface area contributed by atoms with Gasteiger partial charge in [0.25, 0.3) is 0 Å². The van der Waals surface area contributed by atoms with E-state index in [0.717, 1.165) is 4.48 Å². The van der Waals surface area contributed by atoms with Gasteiger partial charge in [-0.25, -0.2) is 0 Å². The maximum Gasteiger partial charge on any atom is 0.0903 e. The average molecular weight is 178 g/mol. The van der Waals surface area contributed by atoms with E-state index in [0.29, 0.717) is 5.71 Å². The van der Waals surface area contributed by atoms with Crippen molar-refractivity contribution in [2.75, 3.05) is 0 Å². The van der Waals surface area contributed by atoms with E-state index >= 15 is 0 Å². The summed E-state index contributed by atoms with van der Waals surface area (Å²) < 4.78 is 0.819. The van der Waals surface area contributed by atoms with Gasteiger partial charge in [-0.1, -0.05) is 11.2 Å². The van der Waals surface area contributed by atoms with Crippen molar-refractivity contribution < 1.29 is 5.21 Å². The van der Waals surface area contributed by atoms with Gasteiger partial charge in [0.05, 0.1) is 5.71 Å². The first kappa shape index (κ1) is 7.69. The van der Waals surface area contributed by atoms with Crippen molar-refractivity contribution in [1.29, 1.82) is 0 Å². The van der Waals surface area contributed by atoms with Gasteiger partial charge < -0.3 is 5.21 Å². The molecule has 0 fully saturated rings. The van der Waals surface area contributed by atoms with E-state index < -0.39 is 0 Å². The molecule has 0 saturated heterocycles. The lowest BCUT2D eigenvalue weighted by Crippen LogP contribution is -1.87. The number of halogens is 1. The largest absolute Gasteiger partial charge is 0.411 e. The molecule has 1 N–H and O–H groups in total. The molecule has 2 nitrogen and oxygen atoms in total. The number of hydrogen-bond donors (Lipinski definition) is 1. The Morgan fingerprint density at radius 1 is 1.75 bits per heavy atom. The summed E-state index contributed by atoms with van der Waals surface area (Å²) in [6.45, 7) is 3.57. The highest BCUT2D eigenvalue weighted by molar-refractivity contribution is 9.12. The Hall–Kier alpha value is -0.310. The highest BCUT2D eigenvalue weighted by Gasteiger charge is 1.91. The molecule has 0 aromatic carbocycles. The van der Waals surface area contributed by atoms with Crippen LogP contribution in [0.4, 0.5) is 0 Å². The first-order chi connectivity index (χ1) is 3.72. The second kappa shape index (κ2) is 3.66. The van der Waals surface area contributed by atoms with Crippen LogP contribution in [0.15, 0.2) is 15.7 Å². The smallest absolute Gasteiger partial charge is 0.0903 e. The summed E-state index contributed by atoms with van der Waals surface area (Å²) >= 11 is 3.17. The molecule has 0 aliphatic carbocycles. The first-order valence-corrected chi connectivity index (χ1v) is 3.02. The van der Waals surface area contributed by atoms with Crippen molar-refractivity contribution in [1.82, 2.24) is 0 Å². The summed E-state index contributed by atoms with van der Waals surface area (Å²) in [6, 6.07) is 0. The lowest BCUT2D eigenvalue weighted by atomic mass is 10.4. The van der Waals surface area contributed by atoms with E-state index in [-0.39, 0.29) is 0 Å². The van der Waals surface area contributed by atoms with Crippen molar-refractivity contribution >= 4 is 21.6 Å². The van der Waals surface area contributed by atoms with E-state index in [1.165, 1.54) is 0 Å². The molecule has 0 spiro atoms. The monoisotopic (exact) mass is 177 g/mol. The van der Waals surface area contributed by atoms with Crippen LogP contribution in [0.5, 0.6) is 0 Å². The molecular weight excluding hydrogens is 170 g/mol. The van der Waals surface area contributed by atoms with E-state index in [9.17, 15) is 0 Å². The SMILES string of the molecule is C/C=C(Br)/C(C)=N/O. The number of oxime groups is 1. The molecule has 0 heterocycles. The van der Waals surface area contributed by atoms with Gasteiger partial charge in [-0.3, -0.25) is 0 Å². The van der Waals surface area contributed by atoms with Crippen LogP contribution in [-0.4, -0.2) is 10.9 Å². The summed E-state index contributed by atoms with van der Waals surface area (Å²) in [5, 5.41) is 11.1. The Morgan fingerprint density at radius 3 is 2.38 bits per heavy atom. The molecule has 0 aliphatic rings. The number of nitrogens with zero attached hydrogens (tertiary/aromatic N) is 1. The zero-order valence-corrected chi connectivity index (χ0v) is 6.44. The lowest BCUT2D eigenvalue weighted by molar-refractivity contribution is 0.319. The van der Waals surface area contributed by atoms with Crippen molar-refractivity contribution in [3.63, 3.8) is 0 Å². The van der Waals surface area contributed by atoms with Crippen molar-refractivity contribution in [2.45, 2.75) is 13.8 Å². The van der Waals surface area contributed by atoms with Crippen molar-refractivity contribution in [2.24, 2.45) is 5.16 Å². The molecule has 0 aromatic heterocycles. The molecule has 0 atom stereocenters. The fraction of sp³-hybridized carbons (Fsp3) is 0.400. The standard InChI is InChI=1S/C5H8BrNO/c1-3-5(6)4(2)7-8/h3,8H,1-2H3/b5-3-,7-4+. The van der Waals surface area contributed by atoms with E-state index in [1.54, 1.807) is 6.92 Å². The molecular formula is C5H8BrNO. The summed E-state index contributed by atoms with van der Waals surface area (Å²) in [5.74, 6) is 0. The summed E-state index contributed by atoms with van der Waals surface area (Å²) in [6.07, 6.45) is 1.81. The quantitative estimate of drug-likeness (QED) is 0.372. The van der Waals surface area contributed by atoms with Gasteiger partial charge in [-0.15, -0.1) is 0 Å². The highest BCUT2D eigenvalue weighted by Crippen LogP contribution is 2.05. The lowest BCUT2D eigenvalue weighted by Gasteiger charge is -1.89. The Labute approximate surface area is 57.0 Å². The normalized spacial score (nSPS) is 14.4. The van der Waals surface area contributed by atoms with Crippen LogP contribution in [0.3, 0.4) is 0 Å². The molecule has 0 radical (unpaired) electrons. The van der Waals surface area contributed by atoms with E-state index in [4.69, 9.17) is 5.21 Å². The molecule has 0 amide bonds.